The third-order valence-corrected chi connectivity index (χ3v) is 8.23. The van der Waals surface area contributed by atoms with E-state index in [0.29, 0.717) is 17.5 Å². The molecule has 0 radical (unpaired) electrons. The van der Waals surface area contributed by atoms with E-state index in [9.17, 15) is 30.0 Å². The van der Waals surface area contributed by atoms with Crippen LogP contribution in [0, 0.1) is 0 Å². The molecule has 1 atom stereocenters. The molecule has 0 saturated carbocycles. The minimum atomic E-state index is -4.56. The van der Waals surface area contributed by atoms with Crippen molar-refractivity contribution in [1.29, 1.82) is 0 Å². The van der Waals surface area contributed by atoms with Crippen molar-refractivity contribution < 1.29 is 34.7 Å². The number of benzene rings is 2. The van der Waals surface area contributed by atoms with Gasteiger partial charge in [-0.25, -0.2) is 31.9 Å². The van der Waals surface area contributed by atoms with Crippen LogP contribution in [0.25, 0.3) is 22.3 Å². The van der Waals surface area contributed by atoms with E-state index in [1.807, 2.05) is 6.92 Å². The fourth-order valence-corrected chi connectivity index (χ4v) is 5.51. The van der Waals surface area contributed by atoms with E-state index in [1.54, 1.807) is 24.3 Å². The average molecular weight is 625 g/mol. The lowest BCUT2D eigenvalue weighted by Crippen LogP contribution is -2.22. The van der Waals surface area contributed by atoms with E-state index >= 15 is 0 Å². The van der Waals surface area contributed by atoms with Gasteiger partial charge in [0.25, 0.3) is 0 Å². The number of alkyl halides is 3. The molecular weight excluding hydrogens is 597 g/mol. The Morgan fingerprint density at radius 2 is 1.67 bits per heavy atom. The molecule has 4 N–H and O–H groups in total. The number of halogens is 3. The van der Waals surface area contributed by atoms with Gasteiger partial charge >= 0.3 is 6.18 Å². The number of sulfonamides is 1. The maximum absolute atomic E-state index is 13.2. The van der Waals surface area contributed by atoms with Crippen molar-refractivity contribution in [2.24, 2.45) is 5.14 Å². The third-order valence-electron chi connectivity index (χ3n) is 6.18. The molecule has 0 saturated heterocycles. The summed E-state index contributed by atoms with van der Waals surface area (Å²) in [7, 11) is -6.21. The topological polar surface area (TPSA) is 166 Å². The largest absolute Gasteiger partial charge is 0.495 e. The maximum atomic E-state index is 13.2. The molecule has 2 aromatic carbocycles. The van der Waals surface area contributed by atoms with Crippen molar-refractivity contribution in [3.63, 3.8) is 0 Å². The Morgan fingerprint density at radius 3 is 2.24 bits per heavy atom. The normalized spacial score (nSPS) is 13.1. The molecule has 224 valence electrons. The molecule has 42 heavy (non-hydrogen) atoms. The Kier molecular flexibility index (Phi) is 8.61. The zero-order chi connectivity index (χ0) is 30.9. The smallest absolute Gasteiger partial charge is 0.405 e. The number of sulfone groups is 1. The summed E-state index contributed by atoms with van der Waals surface area (Å²) in [6.45, 7) is 0.458. The van der Waals surface area contributed by atoms with Gasteiger partial charge in [-0.3, -0.25) is 0 Å². The summed E-state index contributed by atoms with van der Waals surface area (Å²) in [5.74, 6) is -0.0516. The molecule has 2 heterocycles. The molecule has 0 amide bonds. The Balaban J connectivity index is 1.76. The molecule has 4 rings (SSSR count). The second-order valence-electron chi connectivity index (χ2n) is 9.29. The minimum absolute atomic E-state index is 0.00732. The van der Waals surface area contributed by atoms with Gasteiger partial charge in [-0.05, 0) is 54.4 Å². The van der Waals surface area contributed by atoms with Crippen molar-refractivity contribution in [2.75, 3.05) is 30.5 Å². The van der Waals surface area contributed by atoms with Crippen LogP contribution in [-0.4, -0.2) is 57.9 Å². The molecule has 0 aliphatic rings. The second kappa shape index (κ2) is 11.7. The lowest BCUT2D eigenvalue weighted by Gasteiger charge is -2.19. The van der Waals surface area contributed by atoms with Crippen LogP contribution in [0.3, 0.4) is 0 Å². The highest BCUT2D eigenvalue weighted by Crippen LogP contribution is 2.32. The minimum Gasteiger partial charge on any atom is -0.495 e. The van der Waals surface area contributed by atoms with Crippen LogP contribution >= 0.6 is 0 Å². The highest BCUT2D eigenvalue weighted by molar-refractivity contribution is 7.90. The molecule has 1 unspecified atom stereocenters. The SMILES string of the molecule is CCC(Nc1nc(NCC(F)(F)F)c2nc(-c3ccc(OC)c(S(C)(=O)=O)c3)ccc2n1)c1ccc(S(N)(=O)=O)cc1. The van der Waals surface area contributed by atoms with Crippen molar-refractivity contribution in [3.8, 4) is 17.0 Å². The number of methoxy groups -OCH3 is 1. The summed E-state index contributed by atoms with van der Waals surface area (Å²) in [6, 6.07) is 12.9. The molecule has 11 nitrogen and oxygen atoms in total. The van der Waals surface area contributed by atoms with Gasteiger partial charge in [0.15, 0.2) is 15.7 Å². The van der Waals surface area contributed by atoms with Gasteiger partial charge in [0.2, 0.25) is 16.0 Å². The molecular formula is C26H27F3N6O5S2. The number of nitrogens with one attached hydrogen (secondary N) is 2. The van der Waals surface area contributed by atoms with Gasteiger partial charge < -0.3 is 15.4 Å². The first-order chi connectivity index (χ1) is 19.6. The zero-order valence-corrected chi connectivity index (χ0v) is 24.2. The van der Waals surface area contributed by atoms with Gasteiger partial charge in [0.05, 0.1) is 29.3 Å². The van der Waals surface area contributed by atoms with Gasteiger partial charge in [0.1, 0.15) is 22.7 Å². The van der Waals surface area contributed by atoms with E-state index in [0.717, 1.165) is 6.26 Å². The predicted molar refractivity (Wildman–Crippen MR) is 151 cm³/mol. The molecule has 4 aromatic rings. The van der Waals surface area contributed by atoms with Crippen LogP contribution in [0.2, 0.25) is 0 Å². The number of primary sulfonamides is 1. The number of nitrogens with two attached hydrogens (primary N) is 1. The van der Waals surface area contributed by atoms with Crippen LogP contribution in [0.1, 0.15) is 24.9 Å². The highest BCUT2D eigenvalue weighted by atomic mass is 32.2. The Bertz CT molecular complexity index is 1830. The number of fused-ring (bicyclic) bond motifs is 1. The average Bonchev–Trinajstić information content (AvgIpc) is 2.92. The standard InChI is InChI=1S/C26H27F3N6O5S2/c1-4-18(15-5-8-17(9-6-15)42(30,38)39)33-25-34-20-11-10-19(32-23(20)24(35-25)31-14-26(27,28)29)16-7-12-21(40-2)22(13-16)41(3,36)37/h5-13,18H,4,14H2,1-3H3,(H2,30,38,39)(H2,31,33,34,35). The van der Waals surface area contributed by atoms with Gasteiger partial charge in [-0.1, -0.05) is 19.1 Å². The van der Waals surface area contributed by atoms with Crippen LogP contribution in [-0.2, 0) is 19.9 Å². The van der Waals surface area contributed by atoms with E-state index in [2.05, 4.69) is 25.6 Å². The van der Waals surface area contributed by atoms with Crippen LogP contribution < -0.4 is 20.5 Å². The number of nitrogens with zero attached hydrogens (tertiary/aromatic N) is 3. The molecule has 0 fully saturated rings. The number of rotatable bonds is 10. The molecule has 0 aliphatic heterocycles. The van der Waals surface area contributed by atoms with E-state index in [-0.39, 0.29) is 44.0 Å². The second-order valence-corrected chi connectivity index (χ2v) is 12.8. The fourth-order valence-electron chi connectivity index (χ4n) is 4.14. The number of aromatic nitrogens is 3. The Hall–Kier alpha value is -4.02. The summed E-state index contributed by atoms with van der Waals surface area (Å²) in [5, 5.41) is 10.5. The third kappa shape index (κ3) is 7.24. The first kappa shape index (κ1) is 30.9. The summed E-state index contributed by atoms with van der Waals surface area (Å²) < 4.78 is 92.3. The summed E-state index contributed by atoms with van der Waals surface area (Å²) in [4.78, 5) is 13.0. The first-order valence-electron chi connectivity index (χ1n) is 12.4. The number of hydrogen-bond acceptors (Lipinski definition) is 10. The van der Waals surface area contributed by atoms with E-state index in [1.165, 1.54) is 37.4 Å². The van der Waals surface area contributed by atoms with Gasteiger partial charge in [-0.15, -0.1) is 0 Å². The van der Waals surface area contributed by atoms with Crippen LogP contribution in [0.5, 0.6) is 5.75 Å². The zero-order valence-electron chi connectivity index (χ0n) is 22.6. The molecule has 16 heteroatoms. The van der Waals surface area contributed by atoms with E-state index in [4.69, 9.17) is 9.88 Å². The predicted octanol–water partition coefficient (Wildman–Crippen LogP) is 4.29. The lowest BCUT2D eigenvalue weighted by atomic mass is 10.1. The van der Waals surface area contributed by atoms with Crippen molar-refractivity contribution in [3.05, 3.63) is 60.2 Å². The summed E-state index contributed by atoms with van der Waals surface area (Å²) in [5.41, 5.74) is 1.58. The summed E-state index contributed by atoms with van der Waals surface area (Å²) >= 11 is 0. The number of hydrogen-bond donors (Lipinski definition) is 3. The van der Waals surface area contributed by atoms with Gasteiger partial charge in [-0.2, -0.15) is 18.2 Å². The van der Waals surface area contributed by atoms with Crippen LogP contribution in [0.15, 0.2) is 64.4 Å². The number of anilines is 2. The van der Waals surface area contributed by atoms with Crippen molar-refractivity contribution in [1.82, 2.24) is 15.0 Å². The molecule has 0 aliphatic carbocycles. The Morgan fingerprint density at radius 1 is 0.976 bits per heavy atom. The van der Waals surface area contributed by atoms with Crippen molar-refractivity contribution in [2.45, 2.75) is 35.4 Å². The number of ether oxygens (including phenoxy) is 1. The Labute approximate surface area is 240 Å². The fraction of sp³-hybridized carbons (Fsp3) is 0.269. The first-order valence-corrected chi connectivity index (χ1v) is 15.8. The molecule has 2 aromatic heterocycles. The van der Waals surface area contributed by atoms with Crippen LogP contribution in [0.4, 0.5) is 24.9 Å². The quantitative estimate of drug-likeness (QED) is 0.232. The van der Waals surface area contributed by atoms with Crippen molar-refractivity contribution >= 4 is 42.7 Å². The number of pyridine rings is 1. The molecule has 0 bridgehead atoms. The molecule has 0 spiro atoms. The maximum Gasteiger partial charge on any atom is 0.405 e. The lowest BCUT2D eigenvalue weighted by molar-refractivity contribution is -0.115. The summed E-state index contributed by atoms with van der Waals surface area (Å²) in [6.07, 6.45) is -3.03. The van der Waals surface area contributed by atoms with Gasteiger partial charge in [0, 0.05) is 11.8 Å². The monoisotopic (exact) mass is 624 g/mol. The van der Waals surface area contributed by atoms with E-state index < -0.39 is 38.6 Å². The highest BCUT2D eigenvalue weighted by Gasteiger charge is 2.28.